The van der Waals surface area contributed by atoms with Gasteiger partial charge in [0, 0.05) is 29.9 Å². The zero-order valence-electron chi connectivity index (χ0n) is 10.9. The minimum atomic E-state index is -0.0343. The minimum absolute atomic E-state index is 0.0343. The number of carbonyl (C=O) groups excluding carboxylic acids is 2. The van der Waals surface area contributed by atoms with Crippen LogP contribution in [0.25, 0.3) is 0 Å². The number of hydrogen-bond acceptors (Lipinski definition) is 3. The highest BCUT2D eigenvalue weighted by atomic mass is 16.2. The Morgan fingerprint density at radius 3 is 2.65 bits per heavy atom. The number of fused-ring (bicyclic) bond motifs is 1. The number of anilines is 1. The maximum absolute atomic E-state index is 12.3. The van der Waals surface area contributed by atoms with Crippen molar-refractivity contribution in [2.45, 2.75) is 13.1 Å². The van der Waals surface area contributed by atoms with Crippen molar-refractivity contribution in [1.82, 2.24) is 4.90 Å². The second-order valence-corrected chi connectivity index (χ2v) is 4.90. The fourth-order valence-electron chi connectivity index (χ4n) is 2.49. The van der Waals surface area contributed by atoms with Crippen LogP contribution in [-0.4, -0.2) is 17.1 Å². The molecule has 2 N–H and O–H groups in total. The molecule has 0 saturated carbocycles. The molecule has 2 aromatic rings. The molecular formula is C16H14N2O2. The highest BCUT2D eigenvalue weighted by Gasteiger charge is 2.28. The largest absolute Gasteiger partial charge is 0.398 e. The minimum Gasteiger partial charge on any atom is -0.398 e. The fraction of sp³-hybridized carbons (Fsp3) is 0.125. The summed E-state index contributed by atoms with van der Waals surface area (Å²) in [4.78, 5) is 25.0. The lowest BCUT2D eigenvalue weighted by atomic mass is 10.0. The molecule has 1 amide bonds. The van der Waals surface area contributed by atoms with Crippen LogP contribution in [0.5, 0.6) is 0 Å². The third-order valence-corrected chi connectivity index (χ3v) is 3.53. The molecule has 100 valence electrons. The van der Waals surface area contributed by atoms with Crippen molar-refractivity contribution in [3.63, 3.8) is 0 Å². The van der Waals surface area contributed by atoms with Crippen LogP contribution in [-0.2, 0) is 13.1 Å². The van der Waals surface area contributed by atoms with Gasteiger partial charge in [0.25, 0.3) is 5.91 Å². The summed E-state index contributed by atoms with van der Waals surface area (Å²) in [5.74, 6) is -0.0343. The summed E-state index contributed by atoms with van der Waals surface area (Å²) in [6.45, 7) is 1.08. The molecule has 0 atom stereocenters. The first kappa shape index (κ1) is 12.4. The summed E-state index contributed by atoms with van der Waals surface area (Å²) in [7, 11) is 0. The molecule has 0 fully saturated rings. The van der Waals surface area contributed by atoms with E-state index in [1.54, 1.807) is 17.0 Å². The first-order valence-corrected chi connectivity index (χ1v) is 6.40. The second kappa shape index (κ2) is 4.81. The summed E-state index contributed by atoms with van der Waals surface area (Å²) >= 11 is 0. The third-order valence-electron chi connectivity index (χ3n) is 3.53. The zero-order valence-corrected chi connectivity index (χ0v) is 10.9. The third kappa shape index (κ3) is 2.05. The van der Waals surface area contributed by atoms with E-state index in [9.17, 15) is 9.59 Å². The van der Waals surface area contributed by atoms with Crippen LogP contribution in [0.4, 0.5) is 5.69 Å². The van der Waals surface area contributed by atoms with Gasteiger partial charge in [-0.1, -0.05) is 30.3 Å². The van der Waals surface area contributed by atoms with Crippen LogP contribution in [0.15, 0.2) is 42.5 Å². The number of nitrogen functional groups attached to an aromatic ring is 1. The number of hydrogen-bond donors (Lipinski definition) is 1. The molecule has 1 aliphatic heterocycles. The highest BCUT2D eigenvalue weighted by molar-refractivity contribution is 6.01. The van der Waals surface area contributed by atoms with Crippen molar-refractivity contribution in [2.24, 2.45) is 0 Å². The average Bonchev–Trinajstić information content (AvgIpc) is 2.76. The van der Waals surface area contributed by atoms with E-state index in [-0.39, 0.29) is 5.91 Å². The number of amides is 1. The van der Waals surface area contributed by atoms with Crippen molar-refractivity contribution in [2.75, 3.05) is 5.73 Å². The van der Waals surface area contributed by atoms with Crippen LogP contribution in [0.1, 0.15) is 31.8 Å². The Kier molecular flexibility index (Phi) is 2.99. The maximum atomic E-state index is 12.3. The molecule has 0 unspecified atom stereocenters. The molecule has 0 aromatic heterocycles. The summed E-state index contributed by atoms with van der Waals surface area (Å²) in [6, 6.07) is 13.1. The number of carbonyl (C=O) groups is 2. The zero-order chi connectivity index (χ0) is 14.1. The Hall–Kier alpha value is -2.62. The summed E-state index contributed by atoms with van der Waals surface area (Å²) < 4.78 is 0. The lowest BCUT2D eigenvalue weighted by Gasteiger charge is -2.15. The number of rotatable bonds is 3. The summed E-state index contributed by atoms with van der Waals surface area (Å²) in [5.41, 5.74) is 9.11. The molecule has 3 rings (SSSR count). The maximum Gasteiger partial charge on any atom is 0.254 e. The van der Waals surface area contributed by atoms with Gasteiger partial charge in [-0.3, -0.25) is 9.59 Å². The molecule has 4 heteroatoms. The predicted octanol–water partition coefficient (Wildman–Crippen LogP) is 2.24. The Bertz CT molecular complexity index is 680. The van der Waals surface area contributed by atoms with E-state index in [1.807, 2.05) is 30.3 Å². The van der Waals surface area contributed by atoms with Gasteiger partial charge in [-0.2, -0.15) is 0 Å². The Morgan fingerprint density at radius 2 is 1.95 bits per heavy atom. The molecule has 2 aromatic carbocycles. The fourth-order valence-corrected chi connectivity index (χ4v) is 2.49. The second-order valence-electron chi connectivity index (χ2n) is 4.90. The smallest absolute Gasteiger partial charge is 0.254 e. The standard InChI is InChI=1S/C16H14N2O2/c17-15-7-14-12(6-13(15)10-19)9-18(16(14)20)8-11-4-2-1-3-5-11/h1-7,10H,8-9,17H2. The lowest BCUT2D eigenvalue weighted by molar-refractivity contribution is 0.0766. The van der Waals surface area contributed by atoms with E-state index in [0.717, 1.165) is 17.4 Å². The average molecular weight is 266 g/mol. The van der Waals surface area contributed by atoms with Gasteiger partial charge in [-0.15, -0.1) is 0 Å². The van der Waals surface area contributed by atoms with Crippen molar-refractivity contribution in [3.05, 3.63) is 64.7 Å². The van der Waals surface area contributed by atoms with E-state index in [2.05, 4.69) is 0 Å². The Labute approximate surface area is 116 Å². The molecule has 0 radical (unpaired) electrons. The molecule has 0 spiro atoms. The Balaban J connectivity index is 1.89. The van der Waals surface area contributed by atoms with Gasteiger partial charge in [0.15, 0.2) is 6.29 Å². The molecule has 0 saturated heterocycles. The van der Waals surface area contributed by atoms with E-state index in [4.69, 9.17) is 5.73 Å². The lowest BCUT2D eigenvalue weighted by Crippen LogP contribution is -2.23. The molecule has 1 heterocycles. The van der Waals surface area contributed by atoms with E-state index >= 15 is 0 Å². The monoisotopic (exact) mass is 266 g/mol. The predicted molar refractivity (Wildman–Crippen MR) is 76.3 cm³/mol. The Morgan fingerprint density at radius 1 is 1.20 bits per heavy atom. The van der Waals surface area contributed by atoms with Crippen molar-refractivity contribution >= 4 is 17.9 Å². The van der Waals surface area contributed by atoms with Gasteiger partial charge in [0.1, 0.15) is 0 Å². The quantitative estimate of drug-likeness (QED) is 0.684. The van der Waals surface area contributed by atoms with E-state index < -0.39 is 0 Å². The van der Waals surface area contributed by atoms with Gasteiger partial charge in [0.05, 0.1) is 0 Å². The molecular weight excluding hydrogens is 252 g/mol. The first-order chi connectivity index (χ1) is 9.69. The highest BCUT2D eigenvalue weighted by Crippen LogP contribution is 2.28. The van der Waals surface area contributed by atoms with Crippen LogP contribution < -0.4 is 5.73 Å². The van der Waals surface area contributed by atoms with Crippen molar-refractivity contribution in [3.8, 4) is 0 Å². The van der Waals surface area contributed by atoms with E-state index in [0.29, 0.717) is 29.9 Å². The number of aldehydes is 1. The number of nitrogens with zero attached hydrogens (tertiary/aromatic N) is 1. The molecule has 0 bridgehead atoms. The van der Waals surface area contributed by atoms with Crippen molar-refractivity contribution < 1.29 is 9.59 Å². The van der Waals surface area contributed by atoms with Gasteiger partial charge in [0.2, 0.25) is 0 Å². The molecule has 1 aliphatic rings. The number of nitrogens with two attached hydrogens (primary N) is 1. The van der Waals surface area contributed by atoms with Crippen LogP contribution in [0.3, 0.4) is 0 Å². The molecule has 4 nitrogen and oxygen atoms in total. The summed E-state index contributed by atoms with van der Waals surface area (Å²) in [5, 5.41) is 0. The number of benzene rings is 2. The van der Waals surface area contributed by atoms with Gasteiger partial charge in [-0.05, 0) is 23.3 Å². The van der Waals surface area contributed by atoms with Crippen molar-refractivity contribution in [1.29, 1.82) is 0 Å². The van der Waals surface area contributed by atoms with Gasteiger partial charge >= 0.3 is 0 Å². The first-order valence-electron chi connectivity index (χ1n) is 6.40. The van der Waals surface area contributed by atoms with Gasteiger partial charge in [-0.25, -0.2) is 0 Å². The van der Waals surface area contributed by atoms with Gasteiger partial charge < -0.3 is 10.6 Å². The normalized spacial score (nSPS) is 13.4. The SMILES string of the molecule is Nc1cc2c(cc1C=O)CN(Cc1ccccc1)C2=O. The molecule has 20 heavy (non-hydrogen) atoms. The van der Waals surface area contributed by atoms with Crippen LogP contribution in [0, 0.1) is 0 Å². The van der Waals surface area contributed by atoms with Crippen LogP contribution >= 0.6 is 0 Å². The molecule has 0 aliphatic carbocycles. The topological polar surface area (TPSA) is 63.4 Å². The summed E-state index contributed by atoms with van der Waals surface area (Å²) in [6.07, 6.45) is 0.722. The van der Waals surface area contributed by atoms with E-state index in [1.165, 1.54) is 0 Å². The van der Waals surface area contributed by atoms with Crippen LogP contribution in [0.2, 0.25) is 0 Å².